The predicted molar refractivity (Wildman–Crippen MR) is 36.3 cm³/mol. The Morgan fingerprint density at radius 3 is 2.33 bits per heavy atom. The molecule has 0 spiro atoms. The van der Waals surface area contributed by atoms with Crippen molar-refractivity contribution in [3.8, 4) is 0 Å². The van der Waals surface area contributed by atoms with Gasteiger partial charge >= 0.3 is 0 Å². The molecule has 2 nitrogen and oxygen atoms in total. The molecule has 0 heterocycles. The lowest BCUT2D eigenvalue weighted by Gasteiger charge is -2.13. The molecule has 0 amide bonds. The molecule has 0 unspecified atom stereocenters. The van der Waals surface area contributed by atoms with Crippen LogP contribution in [-0.4, -0.2) is 19.5 Å². The number of hydrogen-bond acceptors (Lipinski definition) is 2. The Kier molecular flexibility index (Phi) is 4.32. The van der Waals surface area contributed by atoms with Gasteiger partial charge in [0.1, 0.15) is 12.4 Å². The topological polar surface area (TPSA) is 26.3 Å². The van der Waals surface area contributed by atoms with E-state index in [0.29, 0.717) is 5.92 Å². The van der Waals surface area contributed by atoms with Crippen LogP contribution in [0.4, 0.5) is 0 Å². The van der Waals surface area contributed by atoms with E-state index >= 15 is 0 Å². The van der Waals surface area contributed by atoms with Crippen molar-refractivity contribution in [1.82, 2.24) is 0 Å². The molecule has 2 atom stereocenters. The summed E-state index contributed by atoms with van der Waals surface area (Å²) < 4.78 is 4.88. The SMILES string of the molecule is CC[C@H](C)[C@H](C=O)OC. The fourth-order valence-electron chi connectivity index (χ4n) is 0.654. The van der Waals surface area contributed by atoms with E-state index in [1.165, 1.54) is 0 Å². The van der Waals surface area contributed by atoms with Crippen LogP contribution in [0.15, 0.2) is 0 Å². The molecule has 9 heavy (non-hydrogen) atoms. The summed E-state index contributed by atoms with van der Waals surface area (Å²) in [6.07, 6.45) is 1.63. The lowest BCUT2D eigenvalue weighted by molar-refractivity contribution is -0.118. The Labute approximate surface area is 56.2 Å². The molecule has 0 aliphatic heterocycles. The van der Waals surface area contributed by atoms with Gasteiger partial charge in [0.15, 0.2) is 0 Å². The number of hydrogen-bond donors (Lipinski definition) is 0. The fourth-order valence-corrected chi connectivity index (χ4v) is 0.654. The quantitative estimate of drug-likeness (QED) is 0.535. The smallest absolute Gasteiger partial charge is 0.149 e. The van der Waals surface area contributed by atoms with Gasteiger partial charge in [-0.3, -0.25) is 0 Å². The van der Waals surface area contributed by atoms with E-state index in [2.05, 4.69) is 0 Å². The second kappa shape index (κ2) is 4.50. The van der Waals surface area contributed by atoms with Gasteiger partial charge in [-0.1, -0.05) is 20.3 Å². The van der Waals surface area contributed by atoms with E-state index in [4.69, 9.17) is 4.74 Å². The van der Waals surface area contributed by atoms with Gasteiger partial charge in [-0.15, -0.1) is 0 Å². The lowest BCUT2D eigenvalue weighted by Crippen LogP contribution is -2.20. The van der Waals surface area contributed by atoms with Crippen molar-refractivity contribution in [1.29, 1.82) is 0 Å². The van der Waals surface area contributed by atoms with Gasteiger partial charge in [0.2, 0.25) is 0 Å². The summed E-state index contributed by atoms with van der Waals surface area (Å²) in [5.74, 6) is 0.340. The summed E-state index contributed by atoms with van der Waals surface area (Å²) in [5.41, 5.74) is 0. The van der Waals surface area contributed by atoms with Crippen LogP contribution < -0.4 is 0 Å². The zero-order valence-electron chi connectivity index (χ0n) is 6.26. The van der Waals surface area contributed by atoms with Crippen LogP contribution in [0.2, 0.25) is 0 Å². The molecule has 0 aromatic rings. The van der Waals surface area contributed by atoms with Crippen LogP contribution in [0.3, 0.4) is 0 Å². The summed E-state index contributed by atoms with van der Waals surface area (Å²) in [6, 6.07) is 0. The Morgan fingerprint density at radius 2 is 2.22 bits per heavy atom. The van der Waals surface area contributed by atoms with Crippen LogP contribution in [0, 0.1) is 5.92 Å². The van der Waals surface area contributed by atoms with Gasteiger partial charge in [0.05, 0.1) is 0 Å². The minimum absolute atomic E-state index is 0.213. The molecule has 0 saturated carbocycles. The number of carbonyl (C=O) groups excluding carboxylic acids is 1. The summed E-state index contributed by atoms with van der Waals surface area (Å²) in [7, 11) is 1.56. The molecule has 0 saturated heterocycles. The third-order valence-electron chi connectivity index (χ3n) is 1.61. The molecule has 0 aromatic heterocycles. The molecule has 0 fully saturated rings. The largest absolute Gasteiger partial charge is 0.374 e. The Morgan fingerprint density at radius 1 is 1.67 bits per heavy atom. The van der Waals surface area contributed by atoms with Crippen LogP contribution in [0.5, 0.6) is 0 Å². The first-order chi connectivity index (χ1) is 4.26. The molecule has 0 aliphatic rings. The van der Waals surface area contributed by atoms with Crippen molar-refractivity contribution >= 4 is 6.29 Å². The number of aldehydes is 1. The first kappa shape index (κ1) is 8.63. The number of rotatable bonds is 4. The average molecular weight is 130 g/mol. The minimum Gasteiger partial charge on any atom is -0.374 e. The maximum Gasteiger partial charge on any atom is 0.149 e. The van der Waals surface area contributed by atoms with E-state index in [1.54, 1.807) is 7.11 Å². The van der Waals surface area contributed by atoms with Crippen molar-refractivity contribution in [3.05, 3.63) is 0 Å². The molecular formula is C7H14O2. The average Bonchev–Trinajstić information content (AvgIpc) is 1.90. The van der Waals surface area contributed by atoms with Crippen LogP contribution in [0.1, 0.15) is 20.3 Å². The van der Waals surface area contributed by atoms with Crippen molar-refractivity contribution in [3.63, 3.8) is 0 Å². The zero-order valence-corrected chi connectivity index (χ0v) is 6.26. The van der Waals surface area contributed by atoms with Gasteiger partial charge in [-0.2, -0.15) is 0 Å². The van der Waals surface area contributed by atoms with E-state index in [0.717, 1.165) is 12.7 Å². The van der Waals surface area contributed by atoms with E-state index < -0.39 is 0 Å². The Balaban J connectivity index is 3.63. The van der Waals surface area contributed by atoms with Gasteiger partial charge in [-0.25, -0.2) is 0 Å². The lowest BCUT2D eigenvalue weighted by atomic mass is 10.0. The zero-order chi connectivity index (χ0) is 7.28. The monoisotopic (exact) mass is 130 g/mol. The van der Waals surface area contributed by atoms with E-state index in [9.17, 15) is 4.79 Å². The highest BCUT2D eigenvalue weighted by molar-refractivity contribution is 5.56. The van der Waals surface area contributed by atoms with Crippen molar-refractivity contribution in [2.45, 2.75) is 26.4 Å². The second-order valence-corrected chi connectivity index (χ2v) is 2.22. The molecular weight excluding hydrogens is 116 g/mol. The standard InChI is InChI=1S/C7H14O2/c1-4-6(2)7(5-8)9-3/h5-7H,4H2,1-3H3/t6-,7-/m0/s1. The van der Waals surface area contributed by atoms with Gasteiger partial charge in [-0.05, 0) is 5.92 Å². The molecule has 0 aromatic carbocycles. The molecule has 54 valence electrons. The van der Waals surface area contributed by atoms with E-state index in [-0.39, 0.29) is 6.10 Å². The first-order valence-corrected chi connectivity index (χ1v) is 3.24. The summed E-state index contributed by atoms with van der Waals surface area (Å²) in [6.45, 7) is 4.04. The number of carbonyl (C=O) groups is 1. The first-order valence-electron chi connectivity index (χ1n) is 3.24. The summed E-state index contributed by atoms with van der Waals surface area (Å²) in [5, 5.41) is 0. The predicted octanol–water partition coefficient (Wildman–Crippen LogP) is 1.25. The third kappa shape index (κ3) is 2.61. The van der Waals surface area contributed by atoms with Crippen LogP contribution >= 0.6 is 0 Å². The van der Waals surface area contributed by atoms with Gasteiger partial charge in [0, 0.05) is 7.11 Å². The van der Waals surface area contributed by atoms with Crippen molar-refractivity contribution in [2.75, 3.05) is 7.11 Å². The molecule has 0 N–H and O–H groups in total. The fraction of sp³-hybridized carbons (Fsp3) is 0.857. The van der Waals surface area contributed by atoms with Crippen LogP contribution in [0.25, 0.3) is 0 Å². The highest BCUT2D eigenvalue weighted by Gasteiger charge is 2.12. The third-order valence-corrected chi connectivity index (χ3v) is 1.61. The molecule has 0 radical (unpaired) electrons. The maximum absolute atomic E-state index is 10.2. The maximum atomic E-state index is 10.2. The van der Waals surface area contributed by atoms with Crippen molar-refractivity contribution < 1.29 is 9.53 Å². The second-order valence-electron chi connectivity index (χ2n) is 2.22. The highest BCUT2D eigenvalue weighted by Crippen LogP contribution is 2.07. The van der Waals surface area contributed by atoms with Crippen molar-refractivity contribution in [2.24, 2.45) is 5.92 Å². The molecule has 0 rings (SSSR count). The Bertz CT molecular complexity index is 81.0. The Hall–Kier alpha value is -0.370. The number of ether oxygens (including phenoxy) is 1. The highest BCUT2D eigenvalue weighted by atomic mass is 16.5. The minimum atomic E-state index is -0.213. The molecule has 0 bridgehead atoms. The summed E-state index contributed by atoms with van der Waals surface area (Å²) >= 11 is 0. The molecule has 0 aliphatic carbocycles. The summed E-state index contributed by atoms with van der Waals surface area (Å²) in [4.78, 5) is 10.2. The molecule has 2 heteroatoms. The van der Waals surface area contributed by atoms with Gasteiger partial charge < -0.3 is 9.53 Å². The normalized spacial score (nSPS) is 16.8. The van der Waals surface area contributed by atoms with Crippen LogP contribution in [-0.2, 0) is 9.53 Å². The number of methoxy groups -OCH3 is 1. The van der Waals surface area contributed by atoms with E-state index in [1.807, 2.05) is 13.8 Å². The van der Waals surface area contributed by atoms with Gasteiger partial charge in [0.25, 0.3) is 0 Å².